The Morgan fingerprint density at radius 2 is 2.40 bits per heavy atom. The Kier molecular flexibility index (Phi) is 2.40. The van der Waals surface area contributed by atoms with Crippen molar-refractivity contribution in [3.05, 3.63) is 30.1 Å². The van der Waals surface area contributed by atoms with Gasteiger partial charge in [-0.15, -0.1) is 0 Å². The van der Waals surface area contributed by atoms with E-state index in [2.05, 4.69) is 4.98 Å². The summed E-state index contributed by atoms with van der Waals surface area (Å²) in [6, 6.07) is 3.91. The summed E-state index contributed by atoms with van der Waals surface area (Å²) in [5, 5.41) is 0. The van der Waals surface area contributed by atoms with Crippen molar-refractivity contribution >= 4 is 0 Å². The van der Waals surface area contributed by atoms with Crippen molar-refractivity contribution in [2.24, 2.45) is 0 Å². The van der Waals surface area contributed by atoms with Crippen LogP contribution in [0.4, 0.5) is 0 Å². The van der Waals surface area contributed by atoms with Gasteiger partial charge < -0.3 is 4.74 Å². The minimum atomic E-state index is 0.147. The van der Waals surface area contributed by atoms with Gasteiger partial charge in [-0.1, -0.05) is 6.07 Å². The van der Waals surface area contributed by atoms with Crippen LogP contribution in [-0.4, -0.2) is 12.1 Å². The van der Waals surface area contributed by atoms with Crippen LogP contribution < -0.4 is 0 Å². The van der Waals surface area contributed by atoms with Crippen molar-refractivity contribution in [3.8, 4) is 0 Å². The molecule has 0 aliphatic heterocycles. The van der Waals surface area contributed by atoms with Crippen LogP contribution in [0.3, 0.4) is 0 Å². The quantitative estimate of drug-likeness (QED) is 0.620. The van der Waals surface area contributed by atoms with E-state index >= 15 is 0 Å². The Hall–Kier alpha value is -0.890. The molecule has 0 N–H and O–H groups in total. The molecule has 0 bridgehead atoms. The highest BCUT2D eigenvalue weighted by Gasteiger charge is 2.00. The number of rotatable bonds is 2. The van der Waals surface area contributed by atoms with Crippen LogP contribution in [0.25, 0.3) is 0 Å². The first-order chi connectivity index (χ1) is 4.84. The molecule has 0 unspecified atom stereocenters. The Labute approximate surface area is 60.9 Å². The van der Waals surface area contributed by atoms with Crippen LogP contribution >= 0.6 is 0 Å². The predicted molar refractivity (Wildman–Crippen MR) is 39.7 cm³/mol. The van der Waals surface area contributed by atoms with Gasteiger partial charge in [-0.3, -0.25) is 4.98 Å². The van der Waals surface area contributed by atoms with Crippen molar-refractivity contribution in [3.63, 3.8) is 0 Å². The van der Waals surface area contributed by atoms with E-state index in [4.69, 9.17) is 4.74 Å². The average Bonchev–Trinajstić information content (AvgIpc) is 2.05. The Morgan fingerprint density at radius 1 is 1.60 bits per heavy atom. The summed E-state index contributed by atoms with van der Waals surface area (Å²) >= 11 is 0. The van der Waals surface area contributed by atoms with E-state index < -0.39 is 0 Å². The van der Waals surface area contributed by atoms with Crippen LogP contribution in [0.15, 0.2) is 24.5 Å². The van der Waals surface area contributed by atoms with E-state index in [1.54, 1.807) is 13.3 Å². The third-order valence-electron chi connectivity index (χ3n) is 1.51. The van der Waals surface area contributed by atoms with Gasteiger partial charge in [0.15, 0.2) is 0 Å². The van der Waals surface area contributed by atoms with Crippen LogP contribution in [0, 0.1) is 0 Å². The number of nitrogens with zero attached hydrogens (tertiary/aromatic N) is 1. The lowest BCUT2D eigenvalue weighted by Gasteiger charge is -2.07. The second-order valence-electron chi connectivity index (χ2n) is 2.16. The topological polar surface area (TPSA) is 22.1 Å². The molecule has 0 radical (unpaired) electrons. The third-order valence-corrected chi connectivity index (χ3v) is 1.51. The summed E-state index contributed by atoms with van der Waals surface area (Å²) in [5.74, 6) is 0. The SMILES string of the molecule is CO[C@H](C)c1cccnc1. The van der Waals surface area contributed by atoms with Crippen LogP contribution in [-0.2, 0) is 4.74 Å². The van der Waals surface area contributed by atoms with Gasteiger partial charge >= 0.3 is 0 Å². The Morgan fingerprint density at radius 3 is 2.90 bits per heavy atom. The lowest BCUT2D eigenvalue weighted by atomic mass is 10.2. The van der Waals surface area contributed by atoms with Crippen molar-refractivity contribution in [1.29, 1.82) is 0 Å². The first-order valence-electron chi connectivity index (χ1n) is 3.27. The van der Waals surface area contributed by atoms with Gasteiger partial charge in [-0.25, -0.2) is 0 Å². The van der Waals surface area contributed by atoms with Crippen molar-refractivity contribution in [2.45, 2.75) is 13.0 Å². The lowest BCUT2D eigenvalue weighted by Crippen LogP contribution is -1.95. The molecular weight excluding hydrogens is 126 g/mol. The fourth-order valence-corrected chi connectivity index (χ4v) is 0.753. The van der Waals surface area contributed by atoms with Crippen molar-refractivity contribution in [1.82, 2.24) is 4.98 Å². The molecule has 0 saturated carbocycles. The summed E-state index contributed by atoms with van der Waals surface area (Å²) in [6.07, 6.45) is 3.72. The molecule has 54 valence electrons. The average molecular weight is 137 g/mol. The zero-order valence-electron chi connectivity index (χ0n) is 6.24. The fourth-order valence-electron chi connectivity index (χ4n) is 0.753. The standard InChI is InChI=1S/C8H11NO/c1-7(10-2)8-4-3-5-9-6-8/h3-7H,1-2H3/t7-/m1/s1. The molecule has 0 fully saturated rings. The highest BCUT2D eigenvalue weighted by atomic mass is 16.5. The number of hydrogen-bond acceptors (Lipinski definition) is 2. The molecule has 1 rings (SSSR count). The minimum Gasteiger partial charge on any atom is -0.377 e. The summed E-state index contributed by atoms with van der Waals surface area (Å²) in [4.78, 5) is 3.97. The molecular formula is C8H11NO. The van der Waals surface area contributed by atoms with Gasteiger partial charge in [0.2, 0.25) is 0 Å². The highest BCUT2D eigenvalue weighted by molar-refractivity contribution is 5.10. The summed E-state index contributed by atoms with van der Waals surface area (Å²) < 4.78 is 5.10. The molecule has 1 aromatic rings. The summed E-state index contributed by atoms with van der Waals surface area (Å²) in [7, 11) is 1.69. The van der Waals surface area contributed by atoms with E-state index in [9.17, 15) is 0 Å². The molecule has 1 atom stereocenters. The van der Waals surface area contributed by atoms with E-state index in [1.165, 1.54) is 0 Å². The van der Waals surface area contributed by atoms with Crippen LogP contribution in [0.5, 0.6) is 0 Å². The predicted octanol–water partition coefficient (Wildman–Crippen LogP) is 1.79. The van der Waals surface area contributed by atoms with Gasteiger partial charge in [-0.05, 0) is 18.6 Å². The molecule has 2 heteroatoms. The normalized spacial score (nSPS) is 13.0. The lowest BCUT2D eigenvalue weighted by molar-refractivity contribution is 0.119. The molecule has 10 heavy (non-hydrogen) atoms. The van der Waals surface area contributed by atoms with E-state index in [0.717, 1.165) is 5.56 Å². The molecule has 1 aromatic heterocycles. The molecule has 0 saturated heterocycles. The Bertz CT molecular complexity index is 186. The first-order valence-corrected chi connectivity index (χ1v) is 3.27. The molecule has 0 aliphatic carbocycles. The largest absolute Gasteiger partial charge is 0.377 e. The molecule has 2 nitrogen and oxygen atoms in total. The summed E-state index contributed by atoms with van der Waals surface area (Å²) in [6.45, 7) is 2.00. The fraction of sp³-hybridized carbons (Fsp3) is 0.375. The number of ether oxygens (including phenoxy) is 1. The molecule has 0 spiro atoms. The van der Waals surface area contributed by atoms with Crippen LogP contribution in [0.1, 0.15) is 18.6 Å². The molecule has 0 aromatic carbocycles. The Balaban J connectivity index is 2.75. The summed E-state index contributed by atoms with van der Waals surface area (Å²) in [5.41, 5.74) is 1.12. The van der Waals surface area contributed by atoms with Gasteiger partial charge in [0.1, 0.15) is 0 Å². The van der Waals surface area contributed by atoms with Gasteiger partial charge in [0.05, 0.1) is 6.10 Å². The second kappa shape index (κ2) is 3.32. The first kappa shape index (κ1) is 7.22. The maximum atomic E-state index is 5.10. The number of hydrogen-bond donors (Lipinski definition) is 0. The van der Waals surface area contributed by atoms with Crippen LogP contribution in [0.2, 0.25) is 0 Å². The van der Waals surface area contributed by atoms with Gasteiger partial charge in [-0.2, -0.15) is 0 Å². The second-order valence-corrected chi connectivity index (χ2v) is 2.16. The monoisotopic (exact) mass is 137 g/mol. The van der Waals surface area contributed by atoms with E-state index in [0.29, 0.717) is 0 Å². The maximum Gasteiger partial charge on any atom is 0.0807 e. The van der Waals surface area contributed by atoms with E-state index in [-0.39, 0.29) is 6.10 Å². The number of pyridine rings is 1. The zero-order chi connectivity index (χ0) is 7.40. The smallest absolute Gasteiger partial charge is 0.0807 e. The van der Waals surface area contributed by atoms with Crippen molar-refractivity contribution < 1.29 is 4.74 Å². The number of aromatic nitrogens is 1. The maximum absolute atomic E-state index is 5.10. The van der Waals surface area contributed by atoms with Crippen molar-refractivity contribution in [2.75, 3.05) is 7.11 Å². The molecule has 1 heterocycles. The zero-order valence-corrected chi connectivity index (χ0v) is 6.24. The molecule has 0 aliphatic rings. The molecule has 0 amide bonds. The van der Waals surface area contributed by atoms with E-state index in [1.807, 2.05) is 25.3 Å². The third kappa shape index (κ3) is 1.54. The highest BCUT2D eigenvalue weighted by Crippen LogP contribution is 2.12. The van der Waals surface area contributed by atoms with Gasteiger partial charge in [0, 0.05) is 19.5 Å². The number of methoxy groups -OCH3 is 1. The minimum absolute atomic E-state index is 0.147. The van der Waals surface area contributed by atoms with Gasteiger partial charge in [0.25, 0.3) is 0 Å².